The fourth-order valence-corrected chi connectivity index (χ4v) is 10.9. The summed E-state index contributed by atoms with van der Waals surface area (Å²) in [4.78, 5) is 12.9. The Bertz CT molecular complexity index is 779. The molecule has 32 heavy (non-hydrogen) atoms. The van der Waals surface area contributed by atoms with Crippen molar-refractivity contribution in [1.82, 2.24) is 0 Å². The van der Waals surface area contributed by atoms with Gasteiger partial charge in [0.2, 0.25) is 0 Å². The number of fused-ring (bicyclic) bond motifs is 5. The van der Waals surface area contributed by atoms with Gasteiger partial charge in [-0.3, -0.25) is 4.79 Å². The molecule has 4 aliphatic carbocycles. The van der Waals surface area contributed by atoms with E-state index < -0.39 is 16.6 Å². The molecule has 0 radical (unpaired) electrons. The van der Waals surface area contributed by atoms with Gasteiger partial charge in [0.1, 0.15) is 5.78 Å². The van der Waals surface area contributed by atoms with E-state index in [9.17, 15) is 4.79 Å². The molecule has 0 amide bonds. The Kier molecular flexibility index (Phi) is 6.35. The molecule has 0 bridgehead atoms. The molecule has 0 N–H and O–H groups in total. The van der Waals surface area contributed by atoms with Gasteiger partial charge in [-0.1, -0.05) is 25.5 Å². The molecular weight excluding hydrogens is 428 g/mol. The number of allylic oxidation sites excluding steroid dienone is 1. The lowest BCUT2D eigenvalue weighted by Gasteiger charge is -2.58. The fraction of sp³-hybridized carbons (Fsp3) is 0.889. The average Bonchev–Trinajstić information content (AvgIpc) is 2.91. The maximum atomic E-state index is 12.9. The molecule has 8 unspecified atom stereocenters. The number of hydrogen-bond donors (Lipinski definition) is 0. The van der Waals surface area contributed by atoms with Crippen molar-refractivity contribution in [3.63, 3.8) is 0 Å². The van der Waals surface area contributed by atoms with E-state index in [0.717, 1.165) is 18.8 Å². The molecule has 5 heteroatoms. The molecule has 0 aliphatic heterocycles. The lowest BCUT2D eigenvalue weighted by molar-refractivity contribution is -0.130. The van der Waals surface area contributed by atoms with Crippen LogP contribution in [0.1, 0.15) is 65.7 Å². The normalized spacial score (nSPS) is 44.3. The van der Waals surface area contributed by atoms with Gasteiger partial charge in [-0.05, 0) is 120 Å². The summed E-state index contributed by atoms with van der Waals surface area (Å²) < 4.78 is 13.2. The van der Waals surface area contributed by atoms with E-state index in [0.29, 0.717) is 29.1 Å². The maximum absolute atomic E-state index is 12.9. The highest BCUT2D eigenvalue weighted by molar-refractivity contribution is 6.70. The van der Waals surface area contributed by atoms with Gasteiger partial charge < -0.3 is 8.85 Å². The topological polar surface area (TPSA) is 35.5 Å². The third-order valence-electron chi connectivity index (χ3n) is 9.53. The molecule has 3 nitrogen and oxygen atoms in total. The molecule has 4 aliphatic rings. The first-order chi connectivity index (χ1) is 14.6. The third kappa shape index (κ3) is 4.41. The summed E-state index contributed by atoms with van der Waals surface area (Å²) in [6, 6.07) is 0. The van der Waals surface area contributed by atoms with Gasteiger partial charge in [0, 0.05) is 12.0 Å². The van der Waals surface area contributed by atoms with E-state index in [1.54, 1.807) is 5.57 Å². The molecule has 8 atom stereocenters. The first kappa shape index (κ1) is 24.9. The van der Waals surface area contributed by atoms with E-state index in [1.807, 2.05) is 6.92 Å². The first-order valence-corrected chi connectivity index (χ1v) is 20.0. The van der Waals surface area contributed by atoms with Crippen molar-refractivity contribution in [3.8, 4) is 0 Å². The lowest BCUT2D eigenvalue weighted by Crippen LogP contribution is -2.51. The Morgan fingerprint density at radius 3 is 2.22 bits per heavy atom. The third-order valence-corrected chi connectivity index (χ3v) is 11.6. The number of hydrogen-bond acceptors (Lipinski definition) is 3. The lowest BCUT2D eigenvalue weighted by atomic mass is 9.47. The Balaban J connectivity index is 1.60. The molecule has 0 saturated heterocycles. The summed E-state index contributed by atoms with van der Waals surface area (Å²) in [6.07, 6.45) is 11.5. The summed E-state index contributed by atoms with van der Waals surface area (Å²) in [7, 11) is -3.20. The van der Waals surface area contributed by atoms with Gasteiger partial charge in [-0.25, -0.2) is 0 Å². The van der Waals surface area contributed by atoms with Crippen molar-refractivity contribution < 1.29 is 13.6 Å². The van der Waals surface area contributed by atoms with Crippen molar-refractivity contribution in [1.29, 1.82) is 0 Å². The second-order valence-corrected chi connectivity index (χ2v) is 22.9. The minimum Gasteiger partial charge on any atom is -0.414 e. The monoisotopic (exact) mass is 476 g/mol. The summed E-state index contributed by atoms with van der Waals surface area (Å²) in [6.45, 7) is 20.6. The Labute approximate surface area is 199 Å². The number of rotatable bonds is 5. The van der Waals surface area contributed by atoms with E-state index >= 15 is 0 Å². The van der Waals surface area contributed by atoms with Gasteiger partial charge in [0.25, 0.3) is 0 Å². The van der Waals surface area contributed by atoms with E-state index in [2.05, 4.69) is 59.2 Å². The summed E-state index contributed by atoms with van der Waals surface area (Å²) in [5, 5.41) is 0. The van der Waals surface area contributed by atoms with Crippen molar-refractivity contribution >= 4 is 22.4 Å². The van der Waals surface area contributed by atoms with Crippen molar-refractivity contribution in [2.24, 2.45) is 34.5 Å². The highest BCUT2D eigenvalue weighted by Crippen LogP contribution is 2.66. The van der Waals surface area contributed by atoms with Crippen molar-refractivity contribution in [2.45, 2.75) is 117 Å². The number of ketones is 1. The predicted molar refractivity (Wildman–Crippen MR) is 138 cm³/mol. The zero-order chi connectivity index (χ0) is 23.7. The smallest absolute Gasteiger partial charge is 0.184 e. The Morgan fingerprint density at radius 2 is 1.62 bits per heavy atom. The minimum absolute atomic E-state index is 0.0826. The summed E-state index contributed by atoms with van der Waals surface area (Å²) >= 11 is 0. The van der Waals surface area contributed by atoms with Crippen LogP contribution in [0.25, 0.3) is 0 Å². The van der Waals surface area contributed by atoms with Gasteiger partial charge in [-0.2, -0.15) is 0 Å². The van der Waals surface area contributed by atoms with Crippen molar-refractivity contribution in [3.05, 3.63) is 11.6 Å². The zero-order valence-electron chi connectivity index (χ0n) is 22.2. The predicted octanol–water partition coefficient (Wildman–Crippen LogP) is 7.20. The molecule has 0 spiro atoms. The summed E-state index contributed by atoms with van der Waals surface area (Å²) in [5.41, 5.74) is 2.12. The maximum Gasteiger partial charge on any atom is 0.184 e. The largest absolute Gasteiger partial charge is 0.414 e. The first-order valence-electron chi connectivity index (χ1n) is 13.2. The number of carbonyl (C=O) groups is 1. The molecule has 0 heterocycles. The van der Waals surface area contributed by atoms with Crippen LogP contribution in [0, 0.1) is 34.5 Å². The Morgan fingerprint density at radius 1 is 0.969 bits per heavy atom. The van der Waals surface area contributed by atoms with Crippen LogP contribution < -0.4 is 0 Å². The highest BCUT2D eigenvalue weighted by atomic mass is 28.4. The van der Waals surface area contributed by atoms with Crippen LogP contribution in [0.3, 0.4) is 0 Å². The van der Waals surface area contributed by atoms with Gasteiger partial charge in [0.05, 0.1) is 6.10 Å². The molecule has 3 saturated carbocycles. The quantitative estimate of drug-likeness (QED) is 0.311. The molecule has 0 aromatic carbocycles. The average molecular weight is 477 g/mol. The van der Waals surface area contributed by atoms with Crippen molar-refractivity contribution in [2.75, 3.05) is 0 Å². The molecular formula is C27H48O3Si2. The van der Waals surface area contributed by atoms with Gasteiger partial charge in [0.15, 0.2) is 16.6 Å². The van der Waals surface area contributed by atoms with Crippen LogP contribution in [0.15, 0.2) is 11.6 Å². The zero-order valence-corrected chi connectivity index (χ0v) is 24.2. The number of Topliss-reactive ketones (excluding diaryl/α,β-unsaturated/α-hetero) is 1. The molecule has 0 aromatic rings. The second-order valence-electron chi connectivity index (χ2n) is 14.0. The van der Waals surface area contributed by atoms with Crippen LogP contribution >= 0.6 is 0 Å². The van der Waals surface area contributed by atoms with Crippen LogP contribution in [0.5, 0.6) is 0 Å². The van der Waals surface area contributed by atoms with Crippen LogP contribution in [0.2, 0.25) is 39.3 Å². The summed E-state index contributed by atoms with van der Waals surface area (Å²) in [5.74, 6) is 2.51. The fourth-order valence-electron chi connectivity index (χ4n) is 8.51. The minimum atomic E-state index is -1.70. The van der Waals surface area contributed by atoms with Crippen LogP contribution in [-0.2, 0) is 13.6 Å². The van der Waals surface area contributed by atoms with E-state index in [-0.39, 0.29) is 17.4 Å². The number of carbonyl (C=O) groups excluding carboxylic acids is 1. The molecule has 3 fully saturated rings. The SMILES string of the molecule is CC(=O)C1C(O[Si](C)(C)C)CC2C3CC=C4CC(O[Si](C)(C)C)CCC4(C)C3CCC21C. The molecule has 4 rings (SSSR count). The van der Waals surface area contributed by atoms with Crippen LogP contribution in [0.4, 0.5) is 0 Å². The Hall–Kier alpha value is -0.236. The van der Waals surface area contributed by atoms with E-state index in [4.69, 9.17) is 8.85 Å². The van der Waals surface area contributed by atoms with Crippen LogP contribution in [-0.4, -0.2) is 34.6 Å². The van der Waals surface area contributed by atoms with E-state index in [1.165, 1.54) is 32.1 Å². The highest BCUT2D eigenvalue weighted by Gasteiger charge is 2.62. The standard InChI is InChI=1S/C27H48O3Si2/c1-18(28)25-24(30-32(7,8)9)17-23-21-11-10-19-16-20(29-31(4,5)6)12-14-26(19,2)22(21)13-15-27(23,25)3/h10,20-25H,11-17H2,1-9H3. The molecule has 0 aromatic heterocycles. The second kappa shape index (κ2) is 8.17. The van der Waals surface area contributed by atoms with Gasteiger partial charge in [-0.15, -0.1) is 0 Å². The molecule has 182 valence electrons. The van der Waals surface area contributed by atoms with Gasteiger partial charge >= 0.3 is 0 Å².